The zero-order valence-electron chi connectivity index (χ0n) is 15.8. The summed E-state index contributed by atoms with van der Waals surface area (Å²) in [5.41, 5.74) is 3.56. The minimum atomic E-state index is -0.108. The molecular weight excluding hydrogens is 342 g/mol. The third kappa shape index (κ3) is 3.82. The summed E-state index contributed by atoms with van der Waals surface area (Å²) in [4.78, 5) is 14.4. The molecule has 0 saturated heterocycles. The number of ether oxygens (including phenoxy) is 3. The van der Waals surface area contributed by atoms with E-state index in [0.29, 0.717) is 23.7 Å². The van der Waals surface area contributed by atoms with Crippen LogP contribution in [0.5, 0.6) is 17.2 Å². The van der Waals surface area contributed by atoms with Crippen molar-refractivity contribution in [2.24, 2.45) is 0 Å². The predicted octanol–water partition coefficient (Wildman–Crippen LogP) is 3.78. The Balaban J connectivity index is 1.81. The van der Waals surface area contributed by atoms with Crippen molar-refractivity contribution >= 4 is 17.7 Å². The van der Waals surface area contributed by atoms with Crippen molar-refractivity contribution in [2.45, 2.75) is 6.42 Å². The van der Waals surface area contributed by atoms with E-state index in [4.69, 9.17) is 14.2 Å². The van der Waals surface area contributed by atoms with E-state index in [0.717, 1.165) is 28.9 Å². The molecule has 2 aromatic rings. The largest absolute Gasteiger partial charge is 0.497 e. The van der Waals surface area contributed by atoms with E-state index in [-0.39, 0.29) is 5.91 Å². The van der Waals surface area contributed by atoms with Crippen LogP contribution in [0.1, 0.15) is 16.7 Å². The molecule has 1 heterocycles. The summed E-state index contributed by atoms with van der Waals surface area (Å²) < 4.78 is 15.9. The van der Waals surface area contributed by atoms with Crippen molar-refractivity contribution in [3.63, 3.8) is 0 Å². The minimum absolute atomic E-state index is 0.108. The van der Waals surface area contributed by atoms with Gasteiger partial charge in [-0.15, -0.1) is 0 Å². The van der Waals surface area contributed by atoms with Gasteiger partial charge in [-0.2, -0.15) is 0 Å². The molecule has 1 aliphatic heterocycles. The Morgan fingerprint density at radius 3 is 2.52 bits per heavy atom. The van der Waals surface area contributed by atoms with Crippen molar-refractivity contribution in [3.8, 4) is 17.2 Å². The standard InChI is InChI=1S/C22H23NO4/c1-15-19-14-21(27-4)20(26-3)13-17(19)10-11-23(15)22(24)9-8-16-6-5-7-18(12-16)25-2/h5-9,12-14H,1,10-11H2,2-4H3. The Hall–Kier alpha value is -3.21. The van der Waals surface area contributed by atoms with Crippen LogP contribution in [0.25, 0.3) is 11.8 Å². The fourth-order valence-corrected chi connectivity index (χ4v) is 3.16. The number of nitrogens with zero attached hydrogens (tertiary/aromatic N) is 1. The molecule has 0 N–H and O–H groups in total. The van der Waals surface area contributed by atoms with Crippen LogP contribution in [-0.2, 0) is 11.2 Å². The minimum Gasteiger partial charge on any atom is -0.497 e. The van der Waals surface area contributed by atoms with Gasteiger partial charge in [-0.1, -0.05) is 18.7 Å². The maximum absolute atomic E-state index is 12.7. The van der Waals surface area contributed by atoms with Gasteiger partial charge in [-0.3, -0.25) is 4.79 Å². The zero-order valence-corrected chi connectivity index (χ0v) is 15.8. The van der Waals surface area contributed by atoms with E-state index >= 15 is 0 Å². The van der Waals surface area contributed by atoms with Crippen LogP contribution in [0.4, 0.5) is 0 Å². The molecule has 5 heteroatoms. The van der Waals surface area contributed by atoms with E-state index < -0.39 is 0 Å². The lowest BCUT2D eigenvalue weighted by atomic mass is 9.96. The smallest absolute Gasteiger partial charge is 0.250 e. The maximum Gasteiger partial charge on any atom is 0.250 e. The first-order chi connectivity index (χ1) is 13.1. The molecule has 27 heavy (non-hydrogen) atoms. The second-order valence-corrected chi connectivity index (χ2v) is 6.16. The lowest BCUT2D eigenvalue weighted by Gasteiger charge is -2.30. The average molecular weight is 365 g/mol. The molecule has 0 radical (unpaired) electrons. The molecule has 0 aromatic heterocycles. The SMILES string of the molecule is C=C1c2cc(OC)c(OC)cc2CCN1C(=O)C=Cc1cccc(OC)c1. The highest BCUT2D eigenvalue weighted by Crippen LogP contribution is 2.37. The number of carbonyl (C=O) groups excluding carboxylic acids is 1. The Labute approximate surface area is 159 Å². The van der Waals surface area contributed by atoms with Gasteiger partial charge in [0.1, 0.15) is 5.75 Å². The average Bonchev–Trinajstić information content (AvgIpc) is 2.71. The molecule has 0 saturated carbocycles. The number of amides is 1. The number of hydrogen-bond acceptors (Lipinski definition) is 4. The van der Waals surface area contributed by atoms with Gasteiger partial charge in [0.2, 0.25) is 0 Å². The van der Waals surface area contributed by atoms with Crippen LogP contribution < -0.4 is 14.2 Å². The van der Waals surface area contributed by atoms with E-state index in [1.54, 1.807) is 38.4 Å². The van der Waals surface area contributed by atoms with Crippen LogP contribution in [0.2, 0.25) is 0 Å². The third-order valence-electron chi connectivity index (χ3n) is 4.63. The summed E-state index contributed by atoms with van der Waals surface area (Å²) >= 11 is 0. The zero-order chi connectivity index (χ0) is 19.4. The summed E-state index contributed by atoms with van der Waals surface area (Å²) in [5, 5.41) is 0. The highest BCUT2D eigenvalue weighted by Gasteiger charge is 2.25. The van der Waals surface area contributed by atoms with Crippen molar-refractivity contribution in [3.05, 3.63) is 65.7 Å². The molecule has 1 amide bonds. The van der Waals surface area contributed by atoms with Gasteiger partial charge < -0.3 is 19.1 Å². The Bertz CT molecular complexity index is 901. The molecule has 0 bridgehead atoms. The number of carbonyl (C=O) groups is 1. The van der Waals surface area contributed by atoms with Crippen LogP contribution in [0.15, 0.2) is 49.1 Å². The summed E-state index contributed by atoms with van der Waals surface area (Å²) in [6.07, 6.45) is 4.07. The molecule has 0 fully saturated rings. The fourth-order valence-electron chi connectivity index (χ4n) is 3.16. The fraction of sp³-hybridized carbons (Fsp3) is 0.227. The summed E-state index contributed by atoms with van der Waals surface area (Å²) in [6.45, 7) is 4.70. The molecule has 5 nitrogen and oxygen atoms in total. The molecule has 140 valence electrons. The predicted molar refractivity (Wildman–Crippen MR) is 106 cm³/mol. The van der Waals surface area contributed by atoms with Crippen molar-refractivity contribution < 1.29 is 19.0 Å². The monoisotopic (exact) mass is 365 g/mol. The van der Waals surface area contributed by atoms with Gasteiger partial charge in [-0.25, -0.2) is 0 Å². The summed E-state index contributed by atoms with van der Waals surface area (Å²) in [5.74, 6) is 1.95. The quantitative estimate of drug-likeness (QED) is 0.757. The van der Waals surface area contributed by atoms with E-state index in [1.807, 2.05) is 36.4 Å². The molecule has 1 aliphatic rings. The van der Waals surface area contributed by atoms with Crippen LogP contribution >= 0.6 is 0 Å². The first kappa shape index (κ1) is 18.6. The Morgan fingerprint density at radius 1 is 1.07 bits per heavy atom. The van der Waals surface area contributed by atoms with Gasteiger partial charge in [0.25, 0.3) is 5.91 Å². The summed E-state index contributed by atoms with van der Waals surface area (Å²) in [7, 11) is 4.82. The van der Waals surface area contributed by atoms with Crippen molar-refractivity contribution in [1.82, 2.24) is 4.90 Å². The number of hydrogen-bond donors (Lipinski definition) is 0. The second-order valence-electron chi connectivity index (χ2n) is 6.16. The first-order valence-corrected chi connectivity index (χ1v) is 8.65. The number of fused-ring (bicyclic) bond motifs is 1. The lowest BCUT2D eigenvalue weighted by Crippen LogP contribution is -2.33. The van der Waals surface area contributed by atoms with E-state index in [9.17, 15) is 4.79 Å². The van der Waals surface area contributed by atoms with Gasteiger partial charge in [-0.05, 0) is 47.9 Å². The number of methoxy groups -OCH3 is 3. The van der Waals surface area contributed by atoms with Crippen molar-refractivity contribution in [2.75, 3.05) is 27.9 Å². The number of benzene rings is 2. The Kier molecular flexibility index (Phi) is 5.50. The topological polar surface area (TPSA) is 48.0 Å². The van der Waals surface area contributed by atoms with Crippen molar-refractivity contribution in [1.29, 1.82) is 0 Å². The van der Waals surface area contributed by atoms with Gasteiger partial charge >= 0.3 is 0 Å². The highest BCUT2D eigenvalue weighted by molar-refractivity contribution is 5.98. The number of rotatable bonds is 5. The molecule has 2 aromatic carbocycles. The molecular formula is C22H23NO4. The molecule has 0 spiro atoms. The third-order valence-corrected chi connectivity index (χ3v) is 4.63. The van der Waals surface area contributed by atoms with Crippen LogP contribution in [0, 0.1) is 0 Å². The lowest BCUT2D eigenvalue weighted by molar-refractivity contribution is -0.123. The molecule has 0 unspecified atom stereocenters. The normalized spacial score (nSPS) is 13.4. The van der Waals surface area contributed by atoms with Gasteiger partial charge in [0.05, 0.1) is 21.3 Å². The van der Waals surface area contributed by atoms with Gasteiger partial charge in [0.15, 0.2) is 11.5 Å². The molecule has 0 aliphatic carbocycles. The van der Waals surface area contributed by atoms with Gasteiger partial charge in [0, 0.05) is 23.9 Å². The maximum atomic E-state index is 12.7. The Morgan fingerprint density at radius 2 is 1.81 bits per heavy atom. The van der Waals surface area contributed by atoms with E-state index in [2.05, 4.69) is 6.58 Å². The van der Waals surface area contributed by atoms with Crippen LogP contribution in [-0.4, -0.2) is 38.7 Å². The van der Waals surface area contributed by atoms with E-state index in [1.165, 1.54) is 0 Å². The molecule has 0 atom stereocenters. The second kappa shape index (κ2) is 7.99. The summed E-state index contributed by atoms with van der Waals surface area (Å²) in [6, 6.07) is 11.4. The first-order valence-electron chi connectivity index (χ1n) is 8.65. The molecule has 3 rings (SSSR count). The highest BCUT2D eigenvalue weighted by atomic mass is 16.5. The van der Waals surface area contributed by atoms with Crippen LogP contribution in [0.3, 0.4) is 0 Å².